The first-order chi connectivity index (χ1) is 18.5. The lowest BCUT2D eigenvalue weighted by molar-refractivity contribution is -0.117. The van der Waals surface area contributed by atoms with E-state index < -0.39 is 0 Å². The molecule has 2 amide bonds. The minimum atomic E-state index is -0.182. The number of fused-ring (bicyclic) bond motifs is 1. The Bertz CT molecular complexity index is 1420. The highest BCUT2D eigenvalue weighted by Gasteiger charge is 2.38. The maximum absolute atomic E-state index is 13.6. The summed E-state index contributed by atoms with van der Waals surface area (Å²) in [5.41, 5.74) is 5.71. The Morgan fingerprint density at radius 1 is 0.842 bits per heavy atom. The number of rotatable bonds is 6. The third-order valence-electron chi connectivity index (χ3n) is 7.23. The predicted molar refractivity (Wildman–Crippen MR) is 152 cm³/mol. The van der Waals surface area contributed by atoms with Crippen LogP contribution >= 0.6 is 0 Å². The van der Waals surface area contributed by atoms with E-state index in [1.165, 1.54) is 11.1 Å². The van der Waals surface area contributed by atoms with Crippen molar-refractivity contribution in [3.05, 3.63) is 125 Å². The topological polar surface area (TPSA) is 49.9 Å². The van der Waals surface area contributed by atoms with Gasteiger partial charge in [0.25, 0.3) is 5.91 Å². The standard InChI is InChI=1S/C33H32N2O3/c1-23-21-32(35(24(2)36)28-17-13-26(14-18-28)22-25-9-5-4-6-10-25)30-11-7-8-12-31(30)34(23)33(37)27-15-19-29(38-3)20-16-27/h4-20,23,32H,21-22H2,1-3H3/t23-,32+/m0/s1. The van der Waals surface area contributed by atoms with E-state index in [9.17, 15) is 9.59 Å². The molecule has 5 nitrogen and oxygen atoms in total. The number of nitrogens with zero attached hydrogens (tertiary/aromatic N) is 2. The number of hydrogen-bond donors (Lipinski definition) is 0. The zero-order chi connectivity index (χ0) is 26.6. The number of carbonyl (C=O) groups excluding carboxylic acids is 2. The number of carbonyl (C=O) groups is 2. The van der Waals surface area contributed by atoms with Gasteiger partial charge < -0.3 is 14.5 Å². The number of methoxy groups -OCH3 is 1. The van der Waals surface area contributed by atoms with Crippen molar-refractivity contribution in [1.82, 2.24) is 0 Å². The smallest absolute Gasteiger partial charge is 0.258 e. The summed E-state index contributed by atoms with van der Waals surface area (Å²) >= 11 is 0. The maximum Gasteiger partial charge on any atom is 0.258 e. The van der Waals surface area contributed by atoms with E-state index in [2.05, 4.69) is 24.3 Å². The lowest BCUT2D eigenvalue weighted by atomic mass is 9.89. The molecule has 1 aliphatic heterocycles. The predicted octanol–water partition coefficient (Wildman–Crippen LogP) is 6.82. The molecule has 0 N–H and O–H groups in total. The van der Waals surface area contributed by atoms with Gasteiger partial charge in [-0.05, 0) is 78.9 Å². The number of hydrogen-bond acceptors (Lipinski definition) is 3. The quantitative estimate of drug-likeness (QED) is 0.290. The van der Waals surface area contributed by atoms with Gasteiger partial charge in [-0.2, -0.15) is 0 Å². The van der Waals surface area contributed by atoms with Crippen LogP contribution in [0.5, 0.6) is 5.75 Å². The fourth-order valence-corrected chi connectivity index (χ4v) is 5.40. The van der Waals surface area contributed by atoms with Crippen molar-refractivity contribution < 1.29 is 14.3 Å². The molecule has 5 rings (SSSR count). The lowest BCUT2D eigenvalue weighted by Crippen LogP contribution is -2.47. The molecule has 0 aromatic heterocycles. The largest absolute Gasteiger partial charge is 0.497 e. The number of anilines is 2. The van der Waals surface area contributed by atoms with Crippen molar-refractivity contribution in [3.63, 3.8) is 0 Å². The van der Waals surface area contributed by atoms with Gasteiger partial charge >= 0.3 is 0 Å². The molecule has 1 heterocycles. The summed E-state index contributed by atoms with van der Waals surface area (Å²) in [4.78, 5) is 30.4. The zero-order valence-corrected chi connectivity index (χ0v) is 22.0. The van der Waals surface area contributed by atoms with Crippen LogP contribution in [0.2, 0.25) is 0 Å². The SMILES string of the molecule is COc1ccc(C(=O)N2c3ccccc3[C@H](N(C(C)=O)c3ccc(Cc4ccccc4)cc3)C[C@@H]2C)cc1. The first kappa shape index (κ1) is 25.3. The van der Waals surface area contributed by atoms with Gasteiger partial charge in [0, 0.05) is 29.9 Å². The van der Waals surface area contributed by atoms with Crippen LogP contribution < -0.4 is 14.5 Å². The highest BCUT2D eigenvalue weighted by atomic mass is 16.5. The molecular weight excluding hydrogens is 472 g/mol. The molecule has 0 unspecified atom stereocenters. The number of para-hydroxylation sites is 1. The second-order valence-electron chi connectivity index (χ2n) is 9.78. The van der Waals surface area contributed by atoms with E-state index >= 15 is 0 Å². The second-order valence-corrected chi connectivity index (χ2v) is 9.78. The third-order valence-corrected chi connectivity index (χ3v) is 7.23. The van der Waals surface area contributed by atoms with E-state index in [1.54, 1.807) is 38.3 Å². The summed E-state index contributed by atoms with van der Waals surface area (Å²) in [5, 5.41) is 0. The van der Waals surface area contributed by atoms with Gasteiger partial charge in [0.2, 0.25) is 5.91 Å². The van der Waals surface area contributed by atoms with E-state index in [0.29, 0.717) is 17.7 Å². The molecule has 0 aliphatic carbocycles. The van der Waals surface area contributed by atoms with Crippen molar-refractivity contribution in [3.8, 4) is 5.75 Å². The average molecular weight is 505 g/mol. The molecule has 192 valence electrons. The molecule has 4 aromatic rings. The summed E-state index contributed by atoms with van der Waals surface area (Å²) in [6, 6.07) is 33.4. The number of benzene rings is 4. The molecule has 1 aliphatic rings. The maximum atomic E-state index is 13.6. The lowest BCUT2D eigenvalue weighted by Gasteiger charge is -2.43. The van der Waals surface area contributed by atoms with E-state index in [-0.39, 0.29) is 23.9 Å². The Hall–Kier alpha value is -4.38. The van der Waals surface area contributed by atoms with Crippen LogP contribution in [0.3, 0.4) is 0 Å². The zero-order valence-electron chi connectivity index (χ0n) is 22.0. The molecular formula is C33H32N2O3. The fraction of sp³-hybridized carbons (Fsp3) is 0.212. The van der Waals surface area contributed by atoms with E-state index in [1.807, 2.05) is 71.3 Å². The first-order valence-corrected chi connectivity index (χ1v) is 13.0. The first-order valence-electron chi connectivity index (χ1n) is 13.0. The summed E-state index contributed by atoms with van der Waals surface area (Å²) in [6.45, 7) is 3.66. The van der Waals surface area contributed by atoms with Crippen LogP contribution in [0.1, 0.15) is 53.4 Å². The molecule has 2 atom stereocenters. The summed E-state index contributed by atoms with van der Waals surface area (Å²) in [6.07, 6.45) is 1.47. The highest BCUT2D eigenvalue weighted by Crippen LogP contribution is 2.42. The van der Waals surface area contributed by atoms with Crippen LogP contribution in [0.4, 0.5) is 11.4 Å². The van der Waals surface area contributed by atoms with E-state index in [0.717, 1.165) is 23.4 Å². The average Bonchev–Trinajstić information content (AvgIpc) is 2.94. The summed E-state index contributed by atoms with van der Waals surface area (Å²) < 4.78 is 5.25. The summed E-state index contributed by atoms with van der Waals surface area (Å²) in [5.74, 6) is 0.619. The van der Waals surface area contributed by atoms with Crippen molar-refractivity contribution in [1.29, 1.82) is 0 Å². The van der Waals surface area contributed by atoms with Crippen LogP contribution in [-0.4, -0.2) is 25.0 Å². The van der Waals surface area contributed by atoms with Crippen molar-refractivity contribution in [2.45, 2.75) is 38.8 Å². The summed E-state index contributed by atoms with van der Waals surface area (Å²) in [7, 11) is 1.61. The minimum Gasteiger partial charge on any atom is -0.497 e. The molecule has 0 radical (unpaired) electrons. The molecule has 0 bridgehead atoms. The van der Waals surface area contributed by atoms with Crippen molar-refractivity contribution >= 4 is 23.2 Å². The minimum absolute atomic E-state index is 0.0252. The molecule has 38 heavy (non-hydrogen) atoms. The van der Waals surface area contributed by atoms with Gasteiger partial charge in [0.15, 0.2) is 0 Å². The van der Waals surface area contributed by atoms with Gasteiger partial charge in [-0.25, -0.2) is 0 Å². The van der Waals surface area contributed by atoms with Crippen molar-refractivity contribution in [2.75, 3.05) is 16.9 Å². The fourth-order valence-electron chi connectivity index (χ4n) is 5.40. The number of ether oxygens (including phenoxy) is 1. The Morgan fingerprint density at radius 3 is 2.13 bits per heavy atom. The molecule has 0 saturated carbocycles. The molecule has 5 heteroatoms. The molecule has 0 saturated heterocycles. The monoisotopic (exact) mass is 504 g/mol. The van der Waals surface area contributed by atoms with Gasteiger partial charge in [0.05, 0.1) is 13.2 Å². The third kappa shape index (κ3) is 5.05. The Balaban J connectivity index is 1.46. The number of amides is 2. The van der Waals surface area contributed by atoms with Crippen LogP contribution in [-0.2, 0) is 11.2 Å². The molecule has 0 spiro atoms. The van der Waals surface area contributed by atoms with Gasteiger partial charge in [-0.15, -0.1) is 0 Å². The Morgan fingerprint density at radius 2 is 1.47 bits per heavy atom. The van der Waals surface area contributed by atoms with Crippen LogP contribution in [0.25, 0.3) is 0 Å². The molecule has 4 aromatic carbocycles. The van der Waals surface area contributed by atoms with Gasteiger partial charge in [-0.3, -0.25) is 9.59 Å². The highest BCUT2D eigenvalue weighted by molar-refractivity contribution is 6.07. The Labute approximate surface area is 224 Å². The molecule has 0 fully saturated rings. The van der Waals surface area contributed by atoms with Crippen LogP contribution in [0, 0.1) is 0 Å². The van der Waals surface area contributed by atoms with Gasteiger partial charge in [-0.1, -0.05) is 60.7 Å². The normalized spacial score (nSPS) is 16.4. The van der Waals surface area contributed by atoms with Gasteiger partial charge in [0.1, 0.15) is 5.75 Å². The van der Waals surface area contributed by atoms with E-state index in [4.69, 9.17) is 4.74 Å². The Kier molecular flexibility index (Phi) is 7.27. The second kappa shape index (κ2) is 10.9. The van der Waals surface area contributed by atoms with Crippen LogP contribution in [0.15, 0.2) is 103 Å². The van der Waals surface area contributed by atoms with Crippen molar-refractivity contribution in [2.24, 2.45) is 0 Å².